The molecule has 2 atom stereocenters. The van der Waals surface area contributed by atoms with Crippen LogP contribution in [0.2, 0.25) is 0 Å². The maximum Gasteiger partial charge on any atom is 0.106 e. The van der Waals surface area contributed by atoms with Crippen molar-refractivity contribution in [2.24, 2.45) is 0 Å². The highest BCUT2D eigenvalue weighted by Gasteiger charge is 2.24. The molecule has 1 aliphatic carbocycles. The normalized spacial score (nSPS) is 20.3. The van der Waals surface area contributed by atoms with Gasteiger partial charge in [0.1, 0.15) is 11.5 Å². The minimum Gasteiger partial charge on any atom is -0.466 e. The van der Waals surface area contributed by atoms with Gasteiger partial charge in [0.15, 0.2) is 0 Å². The Labute approximate surface area is 113 Å². The lowest BCUT2D eigenvalue weighted by Gasteiger charge is -2.23. The molecule has 0 spiro atoms. The highest BCUT2D eigenvalue weighted by atomic mass is 16.3. The second-order valence-electron chi connectivity index (χ2n) is 5.58. The summed E-state index contributed by atoms with van der Waals surface area (Å²) in [7, 11) is 0. The van der Waals surface area contributed by atoms with Crippen LogP contribution in [0.1, 0.15) is 60.3 Å². The first-order valence-electron chi connectivity index (χ1n) is 7.02. The molecular formula is C16H21NO2. The maximum absolute atomic E-state index is 10.1. The number of aromatic nitrogens is 1. The van der Waals surface area contributed by atoms with Crippen LogP contribution in [0.25, 0.3) is 0 Å². The topological polar surface area (TPSA) is 38.3 Å². The summed E-state index contributed by atoms with van der Waals surface area (Å²) >= 11 is 0. The third-order valence-corrected chi connectivity index (χ3v) is 4.26. The first-order chi connectivity index (χ1) is 9.08. The molecule has 3 heteroatoms. The van der Waals surface area contributed by atoms with Crippen molar-refractivity contribution in [1.29, 1.82) is 0 Å². The standard InChI is InChI=1S/C16H21NO2/c1-10-9-14(12(3)19-10)11(2)17-8-7-13-15(17)5-4-6-16(13)18/h7-9,11,16,18H,4-6H2,1-3H3. The molecule has 0 aliphatic heterocycles. The molecule has 2 aromatic rings. The molecule has 19 heavy (non-hydrogen) atoms. The first-order valence-corrected chi connectivity index (χ1v) is 7.02. The van der Waals surface area contributed by atoms with Crippen LogP contribution in [-0.4, -0.2) is 9.67 Å². The number of aliphatic hydroxyl groups excluding tert-OH is 1. The molecule has 3 nitrogen and oxygen atoms in total. The Morgan fingerprint density at radius 3 is 2.89 bits per heavy atom. The van der Waals surface area contributed by atoms with E-state index in [0.29, 0.717) is 0 Å². The summed E-state index contributed by atoms with van der Waals surface area (Å²) in [5, 5.41) is 10.1. The average molecular weight is 259 g/mol. The van der Waals surface area contributed by atoms with Gasteiger partial charge in [-0.25, -0.2) is 0 Å². The van der Waals surface area contributed by atoms with E-state index < -0.39 is 0 Å². The third-order valence-electron chi connectivity index (χ3n) is 4.26. The molecule has 2 unspecified atom stereocenters. The van der Waals surface area contributed by atoms with Crippen molar-refractivity contribution in [3.63, 3.8) is 0 Å². The molecule has 1 N–H and O–H groups in total. The van der Waals surface area contributed by atoms with Crippen LogP contribution in [0, 0.1) is 13.8 Å². The lowest BCUT2D eigenvalue weighted by Crippen LogP contribution is -2.15. The van der Waals surface area contributed by atoms with E-state index in [9.17, 15) is 5.11 Å². The summed E-state index contributed by atoms with van der Waals surface area (Å²) in [6.45, 7) is 6.19. The zero-order chi connectivity index (χ0) is 13.6. The molecular weight excluding hydrogens is 238 g/mol. The fraction of sp³-hybridized carbons (Fsp3) is 0.500. The van der Waals surface area contributed by atoms with Gasteiger partial charge in [0.25, 0.3) is 0 Å². The Kier molecular flexibility index (Phi) is 3.02. The van der Waals surface area contributed by atoms with Crippen molar-refractivity contribution in [3.8, 4) is 0 Å². The van der Waals surface area contributed by atoms with E-state index in [1.54, 1.807) is 0 Å². The predicted octanol–water partition coefficient (Wildman–Crippen LogP) is 3.68. The Morgan fingerprint density at radius 2 is 2.21 bits per heavy atom. The minimum absolute atomic E-state index is 0.256. The van der Waals surface area contributed by atoms with Gasteiger partial charge in [-0.2, -0.15) is 0 Å². The molecule has 2 heterocycles. The zero-order valence-electron chi connectivity index (χ0n) is 11.8. The van der Waals surface area contributed by atoms with E-state index in [1.807, 2.05) is 13.8 Å². The van der Waals surface area contributed by atoms with Gasteiger partial charge in [-0.05, 0) is 52.2 Å². The predicted molar refractivity (Wildman–Crippen MR) is 74.3 cm³/mol. The van der Waals surface area contributed by atoms with Crippen LogP contribution in [0.5, 0.6) is 0 Å². The van der Waals surface area contributed by atoms with Gasteiger partial charge in [-0.3, -0.25) is 0 Å². The lowest BCUT2D eigenvalue weighted by atomic mass is 9.95. The molecule has 1 aliphatic rings. The van der Waals surface area contributed by atoms with Gasteiger partial charge in [-0.15, -0.1) is 0 Å². The van der Waals surface area contributed by atoms with Crippen LogP contribution in [-0.2, 0) is 6.42 Å². The fourth-order valence-electron chi connectivity index (χ4n) is 3.27. The van der Waals surface area contributed by atoms with Crippen molar-refractivity contribution in [2.45, 2.75) is 52.2 Å². The van der Waals surface area contributed by atoms with Crippen LogP contribution >= 0.6 is 0 Å². The van der Waals surface area contributed by atoms with Crippen LogP contribution in [0.15, 0.2) is 22.7 Å². The van der Waals surface area contributed by atoms with E-state index in [2.05, 4.69) is 29.8 Å². The van der Waals surface area contributed by atoms with Crippen molar-refractivity contribution >= 4 is 0 Å². The summed E-state index contributed by atoms with van der Waals surface area (Å²) in [5.41, 5.74) is 3.62. The smallest absolute Gasteiger partial charge is 0.106 e. The molecule has 0 amide bonds. The van der Waals surface area contributed by atoms with Gasteiger partial charge in [-0.1, -0.05) is 0 Å². The number of fused-ring (bicyclic) bond motifs is 1. The quantitative estimate of drug-likeness (QED) is 0.893. The maximum atomic E-state index is 10.1. The Balaban J connectivity index is 2.01. The Hall–Kier alpha value is -1.48. The summed E-state index contributed by atoms with van der Waals surface area (Å²) in [4.78, 5) is 0. The molecule has 3 rings (SSSR count). The van der Waals surface area contributed by atoms with E-state index >= 15 is 0 Å². The van der Waals surface area contributed by atoms with E-state index in [0.717, 1.165) is 36.3 Å². The zero-order valence-corrected chi connectivity index (χ0v) is 11.8. The summed E-state index contributed by atoms with van der Waals surface area (Å²) in [6, 6.07) is 4.44. The van der Waals surface area contributed by atoms with Crippen LogP contribution in [0.4, 0.5) is 0 Å². The second kappa shape index (κ2) is 4.57. The average Bonchev–Trinajstić information content (AvgIpc) is 2.93. The van der Waals surface area contributed by atoms with Crippen molar-refractivity contribution < 1.29 is 9.52 Å². The van der Waals surface area contributed by atoms with E-state index in [4.69, 9.17) is 4.42 Å². The van der Waals surface area contributed by atoms with Crippen molar-refractivity contribution in [3.05, 3.63) is 46.7 Å². The van der Waals surface area contributed by atoms with Crippen LogP contribution < -0.4 is 0 Å². The molecule has 0 aromatic carbocycles. The molecule has 102 valence electrons. The molecule has 0 radical (unpaired) electrons. The number of furan rings is 1. The molecule has 2 aromatic heterocycles. The molecule has 0 fully saturated rings. The fourth-order valence-corrected chi connectivity index (χ4v) is 3.27. The highest BCUT2D eigenvalue weighted by molar-refractivity contribution is 5.32. The van der Waals surface area contributed by atoms with Gasteiger partial charge in [0.05, 0.1) is 12.1 Å². The minimum atomic E-state index is -0.288. The molecule has 0 saturated carbocycles. The summed E-state index contributed by atoms with van der Waals surface area (Å²) in [6.07, 6.45) is 4.82. The van der Waals surface area contributed by atoms with Gasteiger partial charge in [0.2, 0.25) is 0 Å². The van der Waals surface area contributed by atoms with E-state index in [-0.39, 0.29) is 12.1 Å². The Bertz CT molecular complexity index is 594. The van der Waals surface area contributed by atoms with Gasteiger partial charge in [0, 0.05) is 23.0 Å². The van der Waals surface area contributed by atoms with E-state index in [1.165, 1.54) is 11.3 Å². The number of aliphatic hydroxyl groups is 1. The number of hydrogen-bond acceptors (Lipinski definition) is 2. The monoisotopic (exact) mass is 259 g/mol. The lowest BCUT2D eigenvalue weighted by molar-refractivity contribution is 0.155. The SMILES string of the molecule is Cc1cc(C(C)n2ccc3c2CCCC3O)c(C)o1. The Morgan fingerprint density at radius 1 is 1.42 bits per heavy atom. The molecule has 0 saturated heterocycles. The third kappa shape index (κ3) is 2.02. The van der Waals surface area contributed by atoms with Crippen LogP contribution in [0.3, 0.4) is 0 Å². The second-order valence-corrected chi connectivity index (χ2v) is 5.58. The number of nitrogens with zero attached hydrogens (tertiary/aromatic N) is 1. The largest absolute Gasteiger partial charge is 0.466 e. The molecule has 0 bridgehead atoms. The van der Waals surface area contributed by atoms with Crippen molar-refractivity contribution in [2.75, 3.05) is 0 Å². The number of rotatable bonds is 2. The van der Waals surface area contributed by atoms with Crippen molar-refractivity contribution in [1.82, 2.24) is 4.57 Å². The first kappa shape index (κ1) is 12.5. The number of aryl methyl sites for hydroxylation is 2. The van der Waals surface area contributed by atoms with Gasteiger partial charge < -0.3 is 14.1 Å². The van der Waals surface area contributed by atoms with Gasteiger partial charge >= 0.3 is 0 Å². The summed E-state index contributed by atoms with van der Waals surface area (Å²) < 4.78 is 7.92. The number of hydrogen-bond donors (Lipinski definition) is 1. The summed E-state index contributed by atoms with van der Waals surface area (Å²) in [5.74, 6) is 1.95. The highest BCUT2D eigenvalue weighted by Crippen LogP contribution is 2.34.